The number of aliphatic hydroxyl groups excluding tert-OH is 2. The van der Waals surface area contributed by atoms with Gasteiger partial charge in [-0.05, 0) is 6.92 Å². The second-order valence-corrected chi connectivity index (χ2v) is 5.42. The molecule has 9 nitrogen and oxygen atoms in total. The van der Waals surface area contributed by atoms with Gasteiger partial charge in [-0.3, -0.25) is 19.1 Å². The van der Waals surface area contributed by atoms with E-state index in [1.807, 2.05) is 0 Å². The Labute approximate surface area is 118 Å². The van der Waals surface area contributed by atoms with Crippen LogP contribution in [0.15, 0.2) is 15.8 Å². The van der Waals surface area contributed by atoms with Crippen molar-refractivity contribution in [3.8, 4) is 0 Å². The van der Waals surface area contributed by atoms with Crippen molar-refractivity contribution >= 4 is 5.91 Å². The molecule has 9 heteroatoms. The van der Waals surface area contributed by atoms with Gasteiger partial charge in [0, 0.05) is 11.8 Å². The molecule has 2 aliphatic rings. The number of aryl methyl sites for hydroxylation is 1. The fourth-order valence-electron chi connectivity index (χ4n) is 2.86. The molecule has 3 rings (SSSR count). The molecule has 4 N–H and O–H groups in total. The van der Waals surface area contributed by atoms with E-state index >= 15 is 0 Å². The van der Waals surface area contributed by atoms with E-state index in [-0.39, 0.29) is 12.3 Å². The number of aliphatic hydroxyl groups is 2. The standard InChI is InChI=1S/C12H15N3O6/c1-5-3-15(11(20)14-9(5)19)10-7-8(18)12(4-16,21-10)2-6(17)13-7/h3,7-8,10,16,18H,2,4H2,1H3,(H,13,17)(H,14,19,20)/t7-,8?,10+,12+/m0/s1. The first-order chi connectivity index (χ1) is 9.88. The van der Waals surface area contributed by atoms with E-state index in [1.165, 1.54) is 13.1 Å². The second kappa shape index (κ2) is 4.52. The molecular weight excluding hydrogens is 282 g/mol. The SMILES string of the molecule is Cc1cn([C@@H]2O[C@@]3(CO)CC(=O)N[C@H]2C3O)c(=O)[nH]c1=O. The third-order valence-electron chi connectivity index (χ3n) is 4.02. The summed E-state index contributed by atoms with van der Waals surface area (Å²) in [5, 5.41) is 22.3. The topological polar surface area (TPSA) is 134 Å². The number of piperidine rings is 1. The second-order valence-electron chi connectivity index (χ2n) is 5.42. The van der Waals surface area contributed by atoms with Crippen molar-refractivity contribution < 1.29 is 19.7 Å². The lowest BCUT2D eigenvalue weighted by molar-refractivity contribution is -0.149. The van der Waals surface area contributed by atoms with Crippen molar-refractivity contribution in [1.29, 1.82) is 0 Å². The van der Waals surface area contributed by atoms with E-state index in [4.69, 9.17) is 4.74 Å². The number of amides is 1. The summed E-state index contributed by atoms with van der Waals surface area (Å²) < 4.78 is 6.73. The molecule has 2 aliphatic heterocycles. The maximum absolute atomic E-state index is 11.9. The maximum Gasteiger partial charge on any atom is 0.330 e. The lowest BCUT2D eigenvalue weighted by Crippen LogP contribution is -2.59. The van der Waals surface area contributed by atoms with Crippen LogP contribution in [0.5, 0.6) is 0 Å². The van der Waals surface area contributed by atoms with Gasteiger partial charge in [0.05, 0.1) is 13.0 Å². The highest BCUT2D eigenvalue weighted by Crippen LogP contribution is 2.41. The number of nitrogens with one attached hydrogen (secondary N) is 2. The van der Waals surface area contributed by atoms with E-state index in [1.54, 1.807) is 0 Å². The largest absolute Gasteiger partial charge is 0.393 e. The first-order valence-electron chi connectivity index (χ1n) is 6.46. The average molecular weight is 297 g/mol. The molecule has 4 atom stereocenters. The van der Waals surface area contributed by atoms with E-state index in [0.717, 1.165) is 4.57 Å². The van der Waals surface area contributed by atoms with Gasteiger partial charge in [-0.25, -0.2) is 4.79 Å². The van der Waals surface area contributed by atoms with Crippen LogP contribution in [0.3, 0.4) is 0 Å². The molecule has 1 aromatic rings. The molecule has 1 amide bonds. The van der Waals surface area contributed by atoms with Crippen LogP contribution >= 0.6 is 0 Å². The van der Waals surface area contributed by atoms with Crippen LogP contribution in [0.4, 0.5) is 0 Å². The number of nitrogens with zero attached hydrogens (tertiary/aromatic N) is 1. The summed E-state index contributed by atoms with van der Waals surface area (Å²) in [5.74, 6) is -0.379. The van der Waals surface area contributed by atoms with Crippen LogP contribution in [-0.4, -0.2) is 50.0 Å². The summed E-state index contributed by atoms with van der Waals surface area (Å²) in [6.07, 6.45) is -1.04. The van der Waals surface area contributed by atoms with Gasteiger partial charge < -0.3 is 20.3 Å². The minimum absolute atomic E-state index is 0.200. The summed E-state index contributed by atoms with van der Waals surface area (Å²) in [7, 11) is 0. The molecule has 0 aliphatic carbocycles. The minimum Gasteiger partial charge on any atom is -0.393 e. The fraction of sp³-hybridized carbons (Fsp3) is 0.583. The van der Waals surface area contributed by atoms with Gasteiger partial charge in [0.15, 0.2) is 6.23 Å². The van der Waals surface area contributed by atoms with E-state index in [9.17, 15) is 24.6 Å². The summed E-state index contributed by atoms with van der Waals surface area (Å²) in [4.78, 5) is 37.1. The van der Waals surface area contributed by atoms with Gasteiger partial charge >= 0.3 is 5.69 Å². The highest BCUT2D eigenvalue weighted by Gasteiger charge is 2.59. The molecule has 0 aromatic carbocycles. The molecule has 2 fully saturated rings. The molecule has 2 saturated heterocycles. The molecular formula is C12H15N3O6. The lowest BCUT2D eigenvalue weighted by Gasteiger charge is -2.33. The summed E-state index contributed by atoms with van der Waals surface area (Å²) >= 11 is 0. The smallest absolute Gasteiger partial charge is 0.330 e. The van der Waals surface area contributed by atoms with Gasteiger partial charge in [0.1, 0.15) is 17.7 Å². The van der Waals surface area contributed by atoms with Crippen LogP contribution in [0, 0.1) is 6.92 Å². The highest BCUT2D eigenvalue weighted by atomic mass is 16.6. The number of hydrogen-bond donors (Lipinski definition) is 4. The van der Waals surface area contributed by atoms with Gasteiger partial charge in [0.25, 0.3) is 5.56 Å². The molecule has 1 aromatic heterocycles. The van der Waals surface area contributed by atoms with Gasteiger partial charge in [0.2, 0.25) is 5.91 Å². The van der Waals surface area contributed by atoms with Crippen molar-refractivity contribution in [3.63, 3.8) is 0 Å². The summed E-state index contributed by atoms with van der Waals surface area (Å²) in [6, 6.07) is -0.874. The Hall–Kier alpha value is -1.97. The van der Waals surface area contributed by atoms with Crippen molar-refractivity contribution in [2.45, 2.75) is 37.3 Å². The molecule has 21 heavy (non-hydrogen) atoms. The first kappa shape index (κ1) is 14.0. The number of ether oxygens (including phenoxy) is 1. The van der Waals surface area contributed by atoms with Crippen molar-refractivity contribution in [2.24, 2.45) is 0 Å². The number of carbonyl (C=O) groups is 1. The highest BCUT2D eigenvalue weighted by molar-refractivity contribution is 5.79. The Morgan fingerprint density at radius 1 is 1.48 bits per heavy atom. The zero-order valence-electron chi connectivity index (χ0n) is 11.2. The summed E-state index contributed by atoms with van der Waals surface area (Å²) in [6.45, 7) is 0.971. The predicted octanol–water partition coefficient (Wildman–Crippen LogP) is -2.65. The number of fused-ring (bicyclic) bond motifs is 2. The van der Waals surface area contributed by atoms with Gasteiger partial charge in [-0.2, -0.15) is 0 Å². The van der Waals surface area contributed by atoms with Crippen LogP contribution < -0.4 is 16.6 Å². The zero-order valence-corrected chi connectivity index (χ0v) is 11.2. The number of H-pyrrole nitrogens is 1. The van der Waals surface area contributed by atoms with Crippen LogP contribution in [0.25, 0.3) is 0 Å². The van der Waals surface area contributed by atoms with E-state index < -0.39 is 41.8 Å². The number of rotatable bonds is 2. The Bertz CT molecular complexity index is 710. The first-order valence-corrected chi connectivity index (χ1v) is 6.46. The third-order valence-corrected chi connectivity index (χ3v) is 4.02. The van der Waals surface area contributed by atoms with Crippen molar-refractivity contribution in [3.05, 3.63) is 32.6 Å². The average Bonchev–Trinajstić information content (AvgIpc) is 2.60. The summed E-state index contributed by atoms with van der Waals surface area (Å²) in [5.41, 5.74) is -2.36. The number of aromatic amines is 1. The normalized spacial score (nSPS) is 34.8. The Morgan fingerprint density at radius 2 is 2.19 bits per heavy atom. The molecule has 2 bridgehead atoms. The van der Waals surface area contributed by atoms with Gasteiger partial charge in [-0.1, -0.05) is 0 Å². The lowest BCUT2D eigenvalue weighted by atomic mass is 9.87. The molecule has 3 heterocycles. The van der Waals surface area contributed by atoms with Crippen molar-refractivity contribution in [1.82, 2.24) is 14.9 Å². The molecule has 1 unspecified atom stereocenters. The minimum atomic E-state index is -1.43. The zero-order chi connectivity index (χ0) is 15.4. The van der Waals surface area contributed by atoms with Gasteiger partial charge in [-0.15, -0.1) is 0 Å². The maximum atomic E-state index is 11.9. The predicted molar refractivity (Wildman–Crippen MR) is 68.6 cm³/mol. The molecule has 0 spiro atoms. The van der Waals surface area contributed by atoms with Crippen LogP contribution in [-0.2, 0) is 9.53 Å². The number of aromatic nitrogens is 2. The Morgan fingerprint density at radius 3 is 2.86 bits per heavy atom. The third kappa shape index (κ3) is 1.93. The number of carbonyl (C=O) groups excluding carboxylic acids is 1. The molecule has 114 valence electrons. The quantitative estimate of drug-likeness (QED) is 0.471. The number of hydrogen-bond acceptors (Lipinski definition) is 6. The Kier molecular flexibility index (Phi) is 3.01. The Balaban J connectivity index is 2.09. The van der Waals surface area contributed by atoms with Crippen molar-refractivity contribution in [2.75, 3.05) is 6.61 Å². The van der Waals surface area contributed by atoms with E-state index in [2.05, 4.69) is 10.3 Å². The van der Waals surface area contributed by atoms with Crippen LogP contribution in [0.2, 0.25) is 0 Å². The van der Waals surface area contributed by atoms with E-state index in [0.29, 0.717) is 5.56 Å². The molecule has 0 radical (unpaired) electrons. The fourth-order valence-corrected chi connectivity index (χ4v) is 2.86. The monoisotopic (exact) mass is 297 g/mol. The van der Waals surface area contributed by atoms with Crippen LogP contribution in [0.1, 0.15) is 18.2 Å². The molecule has 0 saturated carbocycles.